The van der Waals surface area contributed by atoms with Crippen molar-refractivity contribution < 1.29 is 9.53 Å². The molecule has 31 heavy (non-hydrogen) atoms. The molecule has 2 aromatic carbocycles. The Bertz CT molecular complexity index is 1280. The molecule has 4 aromatic rings. The van der Waals surface area contributed by atoms with Crippen LogP contribution in [0.3, 0.4) is 0 Å². The topological polar surface area (TPSA) is 114 Å². The quantitative estimate of drug-likeness (QED) is 0.428. The highest BCUT2D eigenvalue weighted by molar-refractivity contribution is 7.99. The van der Waals surface area contributed by atoms with Crippen LogP contribution in [0, 0.1) is 6.92 Å². The van der Waals surface area contributed by atoms with Gasteiger partial charge < -0.3 is 10.1 Å². The number of rotatable bonds is 7. The summed E-state index contributed by atoms with van der Waals surface area (Å²) in [7, 11) is 1.60. The summed E-state index contributed by atoms with van der Waals surface area (Å²) in [6.07, 6.45) is 0.339. The summed E-state index contributed by atoms with van der Waals surface area (Å²) in [6, 6.07) is 15.0. The van der Waals surface area contributed by atoms with Gasteiger partial charge in [-0.25, -0.2) is 0 Å². The normalized spacial score (nSPS) is 10.9. The number of fused-ring (bicyclic) bond motifs is 1. The third-order valence-corrected chi connectivity index (χ3v) is 5.40. The Balaban J connectivity index is 1.48. The SMILES string of the molecule is COc1ccc(Cc2nn3c(SCC(=O)Nc4cccc(C)c4)nnc3[nH]c2=O)cc1. The van der Waals surface area contributed by atoms with Gasteiger partial charge in [-0.1, -0.05) is 36.0 Å². The van der Waals surface area contributed by atoms with Crippen molar-refractivity contribution in [2.75, 3.05) is 18.2 Å². The van der Waals surface area contributed by atoms with Crippen molar-refractivity contribution in [1.82, 2.24) is 24.8 Å². The van der Waals surface area contributed by atoms with Gasteiger partial charge >= 0.3 is 0 Å². The second-order valence-electron chi connectivity index (χ2n) is 6.85. The van der Waals surface area contributed by atoms with Crippen molar-refractivity contribution in [2.24, 2.45) is 0 Å². The van der Waals surface area contributed by atoms with E-state index in [-0.39, 0.29) is 23.0 Å². The van der Waals surface area contributed by atoms with Crippen LogP contribution in [0.1, 0.15) is 16.8 Å². The molecule has 0 fully saturated rings. The van der Waals surface area contributed by atoms with Crippen LogP contribution >= 0.6 is 11.8 Å². The van der Waals surface area contributed by atoms with E-state index in [4.69, 9.17) is 4.74 Å². The van der Waals surface area contributed by atoms with E-state index < -0.39 is 0 Å². The number of hydrogen-bond acceptors (Lipinski definition) is 7. The minimum Gasteiger partial charge on any atom is -0.497 e. The van der Waals surface area contributed by atoms with Crippen molar-refractivity contribution in [3.8, 4) is 5.75 Å². The molecule has 0 bridgehead atoms. The highest BCUT2D eigenvalue weighted by Gasteiger charge is 2.14. The fraction of sp³-hybridized carbons (Fsp3) is 0.190. The van der Waals surface area contributed by atoms with E-state index in [0.29, 0.717) is 17.3 Å². The highest BCUT2D eigenvalue weighted by atomic mass is 32.2. The number of carbonyl (C=O) groups is 1. The van der Waals surface area contributed by atoms with Crippen LogP contribution in [-0.4, -0.2) is 43.6 Å². The van der Waals surface area contributed by atoms with E-state index in [2.05, 4.69) is 25.6 Å². The molecule has 4 rings (SSSR count). The zero-order chi connectivity index (χ0) is 21.8. The molecule has 9 nitrogen and oxygen atoms in total. The fourth-order valence-electron chi connectivity index (χ4n) is 2.97. The number of aryl methyl sites for hydroxylation is 1. The summed E-state index contributed by atoms with van der Waals surface area (Å²) < 4.78 is 6.61. The molecule has 0 unspecified atom stereocenters. The maximum atomic E-state index is 12.4. The monoisotopic (exact) mass is 436 g/mol. The van der Waals surface area contributed by atoms with E-state index in [1.165, 1.54) is 16.3 Å². The predicted molar refractivity (Wildman–Crippen MR) is 118 cm³/mol. The Kier molecular flexibility index (Phi) is 5.99. The van der Waals surface area contributed by atoms with Crippen LogP contribution < -0.4 is 15.6 Å². The first-order valence-corrected chi connectivity index (χ1v) is 10.5. The molecule has 2 heterocycles. The van der Waals surface area contributed by atoms with Gasteiger partial charge in [0.25, 0.3) is 11.3 Å². The molecule has 0 atom stereocenters. The number of ether oxygens (including phenoxy) is 1. The van der Waals surface area contributed by atoms with Crippen molar-refractivity contribution in [1.29, 1.82) is 0 Å². The maximum absolute atomic E-state index is 12.4. The minimum absolute atomic E-state index is 0.128. The average molecular weight is 436 g/mol. The molecule has 2 aromatic heterocycles. The third-order valence-electron chi connectivity index (χ3n) is 4.49. The zero-order valence-electron chi connectivity index (χ0n) is 17.0. The second-order valence-corrected chi connectivity index (χ2v) is 7.79. The average Bonchev–Trinajstić information content (AvgIpc) is 3.14. The molecule has 0 radical (unpaired) electrons. The van der Waals surface area contributed by atoms with Gasteiger partial charge in [-0.3, -0.25) is 14.6 Å². The van der Waals surface area contributed by atoms with Crippen molar-refractivity contribution >= 4 is 29.1 Å². The third kappa shape index (κ3) is 4.92. The Morgan fingerprint density at radius 3 is 2.74 bits per heavy atom. The van der Waals surface area contributed by atoms with E-state index >= 15 is 0 Å². The van der Waals surface area contributed by atoms with E-state index in [1.807, 2.05) is 55.5 Å². The second kappa shape index (κ2) is 9.00. The Labute approximate surface area is 181 Å². The standard InChI is InChI=1S/C21H20N6O3S/c1-13-4-3-5-15(10-13)22-18(28)12-31-21-25-24-20-23-19(29)17(26-27(20)21)11-14-6-8-16(30-2)9-7-14/h3-10H,11-12H2,1-2H3,(H,22,28)(H,23,24,29). The van der Waals surface area contributed by atoms with Crippen LogP contribution in [0.25, 0.3) is 5.78 Å². The van der Waals surface area contributed by atoms with Gasteiger partial charge in [0.05, 0.1) is 12.9 Å². The molecule has 2 N–H and O–H groups in total. The summed E-state index contributed by atoms with van der Waals surface area (Å²) in [5.41, 5.74) is 2.71. The number of nitrogens with one attached hydrogen (secondary N) is 2. The van der Waals surface area contributed by atoms with Gasteiger partial charge in [-0.15, -0.1) is 10.2 Å². The molecule has 10 heteroatoms. The van der Waals surface area contributed by atoms with E-state index in [9.17, 15) is 9.59 Å². The van der Waals surface area contributed by atoms with Crippen LogP contribution in [0.2, 0.25) is 0 Å². The number of hydrogen-bond donors (Lipinski definition) is 2. The van der Waals surface area contributed by atoms with Gasteiger partial charge in [0.2, 0.25) is 11.1 Å². The lowest BCUT2D eigenvalue weighted by Crippen LogP contribution is -2.19. The summed E-state index contributed by atoms with van der Waals surface area (Å²) in [5.74, 6) is 0.923. The van der Waals surface area contributed by atoms with Crippen molar-refractivity contribution in [2.45, 2.75) is 18.5 Å². The lowest BCUT2D eigenvalue weighted by atomic mass is 10.1. The number of anilines is 1. The van der Waals surface area contributed by atoms with Crippen LogP contribution in [0.5, 0.6) is 5.75 Å². The lowest BCUT2D eigenvalue weighted by Gasteiger charge is -2.06. The smallest absolute Gasteiger partial charge is 0.274 e. The molecule has 0 aliphatic rings. The summed E-state index contributed by atoms with van der Waals surface area (Å²) >= 11 is 1.19. The number of benzene rings is 2. The minimum atomic E-state index is -0.329. The summed E-state index contributed by atoms with van der Waals surface area (Å²) in [6.45, 7) is 1.96. The molecule has 1 amide bonds. The van der Waals surface area contributed by atoms with Gasteiger partial charge in [-0.2, -0.15) is 9.61 Å². The Hall–Kier alpha value is -3.66. The molecule has 0 saturated carbocycles. The summed E-state index contributed by atoms with van der Waals surface area (Å²) in [5, 5.41) is 15.7. The highest BCUT2D eigenvalue weighted by Crippen LogP contribution is 2.17. The molecule has 158 valence electrons. The van der Waals surface area contributed by atoms with Crippen LogP contribution in [-0.2, 0) is 11.2 Å². The number of methoxy groups -OCH3 is 1. The first kappa shape index (κ1) is 20.6. The van der Waals surface area contributed by atoms with Crippen LogP contribution in [0.4, 0.5) is 5.69 Å². The Morgan fingerprint density at radius 2 is 2.00 bits per heavy atom. The number of H-pyrrole nitrogens is 1. The first-order valence-electron chi connectivity index (χ1n) is 9.48. The Morgan fingerprint density at radius 1 is 1.19 bits per heavy atom. The number of thioether (sulfide) groups is 1. The van der Waals surface area contributed by atoms with Gasteiger partial charge in [0, 0.05) is 12.1 Å². The van der Waals surface area contributed by atoms with Gasteiger partial charge in [0.1, 0.15) is 11.4 Å². The molecular formula is C21H20N6O3S. The number of carbonyl (C=O) groups excluding carboxylic acids is 1. The van der Waals surface area contributed by atoms with Crippen molar-refractivity contribution in [3.05, 3.63) is 75.7 Å². The number of nitrogens with zero attached hydrogens (tertiary/aromatic N) is 4. The molecule has 0 saturated heterocycles. The van der Waals surface area contributed by atoms with E-state index in [1.54, 1.807) is 7.11 Å². The molecular weight excluding hydrogens is 416 g/mol. The predicted octanol–water partition coefficient (Wildman–Crippen LogP) is 2.45. The number of amides is 1. The van der Waals surface area contributed by atoms with Gasteiger partial charge in [0.15, 0.2) is 0 Å². The number of aromatic amines is 1. The van der Waals surface area contributed by atoms with E-state index in [0.717, 1.165) is 22.6 Å². The number of aromatic nitrogens is 5. The van der Waals surface area contributed by atoms with Crippen LogP contribution in [0.15, 0.2) is 58.5 Å². The largest absolute Gasteiger partial charge is 0.497 e. The zero-order valence-corrected chi connectivity index (χ0v) is 17.8. The molecule has 0 aliphatic carbocycles. The fourth-order valence-corrected chi connectivity index (χ4v) is 3.65. The van der Waals surface area contributed by atoms with Crippen molar-refractivity contribution in [3.63, 3.8) is 0 Å². The summed E-state index contributed by atoms with van der Waals surface area (Å²) in [4.78, 5) is 27.4. The first-order chi connectivity index (χ1) is 15.0. The molecule has 0 spiro atoms. The lowest BCUT2D eigenvalue weighted by molar-refractivity contribution is -0.113. The van der Waals surface area contributed by atoms with Gasteiger partial charge in [-0.05, 0) is 42.3 Å². The molecule has 0 aliphatic heterocycles. The maximum Gasteiger partial charge on any atom is 0.274 e.